The first-order chi connectivity index (χ1) is 10.9. The molecule has 1 aliphatic rings. The number of amides is 2. The monoisotopic (exact) mass is 318 g/mol. The highest BCUT2D eigenvalue weighted by Gasteiger charge is 2.25. The third kappa shape index (κ3) is 4.24. The predicted octanol–water partition coefficient (Wildman–Crippen LogP) is 2.19. The van der Waals surface area contributed by atoms with Gasteiger partial charge >= 0.3 is 0 Å². The van der Waals surface area contributed by atoms with Crippen molar-refractivity contribution in [3.8, 4) is 5.75 Å². The van der Waals surface area contributed by atoms with E-state index in [1.54, 1.807) is 18.9 Å². The third-order valence-corrected chi connectivity index (χ3v) is 4.62. The zero-order valence-electron chi connectivity index (χ0n) is 14.4. The van der Waals surface area contributed by atoms with Crippen LogP contribution < -0.4 is 10.1 Å². The van der Waals surface area contributed by atoms with Crippen LogP contribution in [-0.2, 0) is 16.1 Å². The second-order valence-electron chi connectivity index (χ2n) is 6.25. The van der Waals surface area contributed by atoms with E-state index in [9.17, 15) is 9.59 Å². The molecule has 0 bridgehead atoms. The van der Waals surface area contributed by atoms with Gasteiger partial charge in [-0.2, -0.15) is 0 Å². The van der Waals surface area contributed by atoms with E-state index >= 15 is 0 Å². The summed E-state index contributed by atoms with van der Waals surface area (Å²) >= 11 is 0. The summed E-state index contributed by atoms with van der Waals surface area (Å²) in [6, 6.07) is 4.06. The van der Waals surface area contributed by atoms with Gasteiger partial charge in [0.25, 0.3) is 0 Å². The largest absolute Gasteiger partial charge is 0.496 e. The van der Waals surface area contributed by atoms with Crippen molar-refractivity contribution in [3.63, 3.8) is 0 Å². The molecule has 1 aromatic carbocycles. The van der Waals surface area contributed by atoms with Crippen LogP contribution in [0.2, 0.25) is 0 Å². The minimum atomic E-state index is 0.00486. The van der Waals surface area contributed by atoms with Crippen molar-refractivity contribution in [1.29, 1.82) is 0 Å². The Bertz CT molecular complexity index is 590. The highest BCUT2D eigenvalue weighted by atomic mass is 16.5. The molecule has 1 aromatic rings. The van der Waals surface area contributed by atoms with Gasteiger partial charge in [-0.15, -0.1) is 0 Å². The molecule has 2 rings (SSSR count). The molecule has 0 radical (unpaired) electrons. The van der Waals surface area contributed by atoms with Gasteiger partial charge in [0.2, 0.25) is 11.8 Å². The lowest BCUT2D eigenvalue weighted by molar-refractivity contribution is -0.134. The number of ether oxygens (including phenoxy) is 1. The van der Waals surface area contributed by atoms with Gasteiger partial charge in [0.15, 0.2) is 0 Å². The molecule has 0 saturated carbocycles. The zero-order chi connectivity index (χ0) is 17.0. The van der Waals surface area contributed by atoms with Gasteiger partial charge < -0.3 is 15.0 Å². The number of carbonyl (C=O) groups is 2. The summed E-state index contributed by atoms with van der Waals surface area (Å²) in [6.45, 7) is 7.48. The van der Waals surface area contributed by atoms with E-state index in [2.05, 4.69) is 11.4 Å². The molecule has 0 aliphatic carbocycles. The van der Waals surface area contributed by atoms with Crippen LogP contribution in [0, 0.1) is 19.8 Å². The Kier molecular flexibility index (Phi) is 5.64. The average molecular weight is 318 g/mol. The molecule has 5 nitrogen and oxygen atoms in total. The Balaban J connectivity index is 1.90. The van der Waals surface area contributed by atoms with E-state index in [1.807, 2.05) is 19.9 Å². The Morgan fingerprint density at radius 1 is 1.22 bits per heavy atom. The molecule has 0 spiro atoms. The standard InChI is InChI=1S/C18H26N2O3/c1-12-10-17(23-4)13(2)9-16(12)11-19-18(22)15-5-7-20(8-6-15)14(3)21/h9-10,15H,5-8,11H2,1-4H3,(H,19,22). The van der Waals surface area contributed by atoms with Crippen LogP contribution in [0.15, 0.2) is 12.1 Å². The topological polar surface area (TPSA) is 58.6 Å². The van der Waals surface area contributed by atoms with Crippen molar-refractivity contribution in [3.05, 3.63) is 28.8 Å². The predicted molar refractivity (Wildman–Crippen MR) is 89.3 cm³/mol. The maximum absolute atomic E-state index is 12.3. The van der Waals surface area contributed by atoms with Gasteiger partial charge in [-0.3, -0.25) is 9.59 Å². The van der Waals surface area contributed by atoms with Gasteiger partial charge in [-0.05, 0) is 49.4 Å². The lowest BCUT2D eigenvalue weighted by Crippen LogP contribution is -2.42. The lowest BCUT2D eigenvalue weighted by atomic mass is 9.95. The van der Waals surface area contributed by atoms with Crippen LogP contribution in [0.25, 0.3) is 0 Å². The number of nitrogens with zero attached hydrogens (tertiary/aromatic N) is 1. The molecule has 23 heavy (non-hydrogen) atoms. The first-order valence-electron chi connectivity index (χ1n) is 8.09. The molecule has 1 heterocycles. The Morgan fingerprint density at radius 2 is 1.87 bits per heavy atom. The number of rotatable bonds is 4. The maximum Gasteiger partial charge on any atom is 0.223 e. The van der Waals surface area contributed by atoms with Crippen molar-refractivity contribution in [2.75, 3.05) is 20.2 Å². The van der Waals surface area contributed by atoms with E-state index in [0.717, 1.165) is 35.3 Å². The minimum absolute atomic E-state index is 0.00486. The number of piperidine rings is 1. The molecule has 0 atom stereocenters. The molecule has 1 N–H and O–H groups in total. The Morgan fingerprint density at radius 3 is 2.43 bits per heavy atom. The number of likely N-dealkylation sites (tertiary alicyclic amines) is 1. The van der Waals surface area contributed by atoms with Crippen molar-refractivity contribution in [2.24, 2.45) is 5.92 Å². The second-order valence-corrected chi connectivity index (χ2v) is 6.25. The molecule has 0 aromatic heterocycles. The van der Waals surface area contributed by atoms with Gasteiger partial charge in [-0.25, -0.2) is 0 Å². The van der Waals surface area contributed by atoms with Crippen molar-refractivity contribution in [2.45, 2.75) is 40.2 Å². The molecule has 1 aliphatic heterocycles. The normalized spacial score (nSPS) is 15.4. The maximum atomic E-state index is 12.3. The van der Waals surface area contributed by atoms with Crippen molar-refractivity contribution in [1.82, 2.24) is 10.2 Å². The summed E-state index contributed by atoms with van der Waals surface area (Å²) < 4.78 is 5.31. The Hall–Kier alpha value is -2.04. The van der Waals surface area contributed by atoms with E-state index < -0.39 is 0 Å². The van der Waals surface area contributed by atoms with Gasteiger partial charge in [0, 0.05) is 32.5 Å². The van der Waals surface area contributed by atoms with Gasteiger partial charge in [0.05, 0.1) is 7.11 Å². The van der Waals surface area contributed by atoms with Gasteiger partial charge in [0.1, 0.15) is 5.75 Å². The molecular formula is C18H26N2O3. The molecule has 1 saturated heterocycles. The van der Waals surface area contributed by atoms with Crippen molar-refractivity contribution < 1.29 is 14.3 Å². The van der Waals surface area contributed by atoms with E-state index in [4.69, 9.17) is 4.74 Å². The lowest BCUT2D eigenvalue weighted by Gasteiger charge is -2.30. The van der Waals surface area contributed by atoms with Crippen LogP contribution in [0.1, 0.15) is 36.5 Å². The summed E-state index contributed by atoms with van der Waals surface area (Å²) in [7, 11) is 1.66. The number of nitrogens with one attached hydrogen (secondary N) is 1. The van der Waals surface area contributed by atoms with Crippen LogP contribution in [0.3, 0.4) is 0 Å². The van der Waals surface area contributed by atoms with Crippen LogP contribution in [0.4, 0.5) is 0 Å². The second kappa shape index (κ2) is 7.49. The molecular weight excluding hydrogens is 292 g/mol. The smallest absolute Gasteiger partial charge is 0.223 e. The zero-order valence-corrected chi connectivity index (χ0v) is 14.4. The average Bonchev–Trinajstić information content (AvgIpc) is 2.55. The first-order valence-corrected chi connectivity index (χ1v) is 8.09. The molecule has 126 valence electrons. The molecule has 0 unspecified atom stereocenters. The quantitative estimate of drug-likeness (QED) is 0.926. The fraction of sp³-hybridized carbons (Fsp3) is 0.556. The number of aryl methyl sites for hydroxylation is 2. The number of methoxy groups -OCH3 is 1. The molecule has 1 fully saturated rings. The van der Waals surface area contributed by atoms with E-state index in [1.165, 1.54) is 0 Å². The van der Waals surface area contributed by atoms with E-state index in [-0.39, 0.29) is 17.7 Å². The third-order valence-electron chi connectivity index (χ3n) is 4.62. The fourth-order valence-corrected chi connectivity index (χ4v) is 3.04. The van der Waals surface area contributed by atoms with Crippen LogP contribution in [0.5, 0.6) is 5.75 Å². The summed E-state index contributed by atoms with van der Waals surface area (Å²) in [4.78, 5) is 25.5. The van der Waals surface area contributed by atoms with E-state index in [0.29, 0.717) is 19.6 Å². The van der Waals surface area contributed by atoms with Crippen LogP contribution in [-0.4, -0.2) is 36.9 Å². The summed E-state index contributed by atoms with van der Waals surface area (Å²) in [5.74, 6) is 1.05. The minimum Gasteiger partial charge on any atom is -0.496 e. The summed E-state index contributed by atoms with van der Waals surface area (Å²) in [5, 5.41) is 3.04. The highest BCUT2D eigenvalue weighted by molar-refractivity contribution is 5.79. The van der Waals surface area contributed by atoms with Crippen molar-refractivity contribution >= 4 is 11.8 Å². The van der Waals surface area contributed by atoms with Crippen LogP contribution >= 0.6 is 0 Å². The first kappa shape index (κ1) is 17.3. The molecule has 5 heteroatoms. The summed E-state index contributed by atoms with van der Waals surface area (Å²) in [6.07, 6.45) is 1.48. The molecule has 2 amide bonds. The Labute approximate surface area is 138 Å². The van der Waals surface area contributed by atoms with Gasteiger partial charge in [-0.1, -0.05) is 6.07 Å². The SMILES string of the molecule is COc1cc(C)c(CNC(=O)C2CCN(C(C)=O)CC2)cc1C. The number of hydrogen-bond acceptors (Lipinski definition) is 3. The number of hydrogen-bond donors (Lipinski definition) is 1. The number of carbonyl (C=O) groups excluding carboxylic acids is 2. The highest BCUT2D eigenvalue weighted by Crippen LogP contribution is 2.23. The number of benzene rings is 1. The fourth-order valence-electron chi connectivity index (χ4n) is 3.04. The summed E-state index contributed by atoms with van der Waals surface area (Å²) in [5.41, 5.74) is 3.29.